The molecule has 1 heterocycles. The number of rotatable bonds is 3. The van der Waals surface area contributed by atoms with Gasteiger partial charge in [-0.05, 0) is 30.3 Å². The van der Waals surface area contributed by atoms with Crippen LogP contribution in [0.5, 0.6) is 0 Å². The van der Waals surface area contributed by atoms with Gasteiger partial charge in [0.05, 0.1) is 16.6 Å². The molecule has 5 nitrogen and oxygen atoms in total. The Kier molecular flexibility index (Phi) is 4.49. The average Bonchev–Trinajstić information content (AvgIpc) is 3.00. The van der Waals surface area contributed by atoms with Crippen LogP contribution in [0.15, 0.2) is 58.5 Å². The molecule has 138 valence electrons. The molecule has 0 aliphatic carbocycles. The fourth-order valence-electron chi connectivity index (χ4n) is 2.70. The molecule has 0 saturated carbocycles. The molecule has 10 heteroatoms. The lowest BCUT2D eigenvalue weighted by Gasteiger charge is -2.24. The van der Waals surface area contributed by atoms with Gasteiger partial charge < -0.3 is 0 Å². The fraction of sp³-hybridized carbons (Fsp3) is 0.188. The van der Waals surface area contributed by atoms with Crippen LogP contribution in [0.3, 0.4) is 0 Å². The third-order valence-electron chi connectivity index (χ3n) is 3.93. The maximum absolute atomic E-state index is 14.1. The number of benzene rings is 2. The zero-order valence-electron chi connectivity index (χ0n) is 13.1. The lowest BCUT2D eigenvalue weighted by Crippen LogP contribution is -2.22. The van der Waals surface area contributed by atoms with Crippen molar-refractivity contribution in [3.63, 3.8) is 0 Å². The molecule has 26 heavy (non-hydrogen) atoms. The Labute approximate surface area is 146 Å². The summed E-state index contributed by atoms with van der Waals surface area (Å²) in [4.78, 5) is -0.192. The SMILES string of the molecule is NS(=O)(=O)c1ccc(N2N=C(C(F)(F)F)C[C@@H]2c2ccccc2F)cc1. The van der Waals surface area contributed by atoms with Crippen LogP contribution in [-0.4, -0.2) is 20.3 Å². The highest BCUT2D eigenvalue weighted by Crippen LogP contribution is 2.40. The molecule has 1 aliphatic rings. The largest absolute Gasteiger partial charge is 0.431 e. The second kappa shape index (κ2) is 6.36. The quantitative estimate of drug-likeness (QED) is 0.821. The molecule has 0 unspecified atom stereocenters. The van der Waals surface area contributed by atoms with Crippen molar-refractivity contribution in [2.45, 2.75) is 23.5 Å². The summed E-state index contributed by atoms with van der Waals surface area (Å²) in [5.41, 5.74) is -0.794. The highest BCUT2D eigenvalue weighted by Gasteiger charge is 2.44. The van der Waals surface area contributed by atoms with E-state index in [0.29, 0.717) is 0 Å². The van der Waals surface area contributed by atoms with E-state index in [9.17, 15) is 26.0 Å². The van der Waals surface area contributed by atoms with Crippen LogP contribution in [0.25, 0.3) is 0 Å². The summed E-state index contributed by atoms with van der Waals surface area (Å²) in [5, 5.41) is 9.64. The molecule has 0 amide bonds. The van der Waals surface area contributed by atoms with E-state index in [4.69, 9.17) is 5.14 Å². The Morgan fingerprint density at radius 3 is 2.23 bits per heavy atom. The van der Waals surface area contributed by atoms with E-state index in [-0.39, 0.29) is 16.1 Å². The molecule has 1 aliphatic heterocycles. The normalized spacial score (nSPS) is 18.1. The molecule has 2 N–H and O–H groups in total. The molecule has 2 aromatic rings. The highest BCUT2D eigenvalue weighted by molar-refractivity contribution is 7.89. The van der Waals surface area contributed by atoms with Gasteiger partial charge in [-0.25, -0.2) is 17.9 Å². The molecular weight excluding hydrogens is 374 g/mol. The molecule has 0 bridgehead atoms. The van der Waals surface area contributed by atoms with E-state index in [1.165, 1.54) is 30.3 Å². The van der Waals surface area contributed by atoms with Crippen LogP contribution in [0.2, 0.25) is 0 Å². The van der Waals surface area contributed by atoms with Crippen LogP contribution >= 0.6 is 0 Å². The monoisotopic (exact) mass is 387 g/mol. The first-order valence-electron chi connectivity index (χ1n) is 7.38. The minimum absolute atomic E-state index is 0.0611. The zero-order chi connectivity index (χ0) is 19.1. The minimum atomic E-state index is -4.65. The Morgan fingerprint density at radius 1 is 1.08 bits per heavy atom. The summed E-state index contributed by atoms with van der Waals surface area (Å²) in [7, 11) is -3.94. The topological polar surface area (TPSA) is 75.8 Å². The summed E-state index contributed by atoms with van der Waals surface area (Å²) in [6.07, 6.45) is -5.18. The van der Waals surface area contributed by atoms with Crippen LogP contribution < -0.4 is 10.1 Å². The molecule has 2 aromatic carbocycles. The Morgan fingerprint density at radius 2 is 1.69 bits per heavy atom. The van der Waals surface area contributed by atoms with Crippen molar-refractivity contribution < 1.29 is 26.0 Å². The Bertz CT molecular complexity index is 956. The third-order valence-corrected chi connectivity index (χ3v) is 4.86. The number of nitrogens with zero attached hydrogens (tertiary/aromatic N) is 2. The predicted octanol–water partition coefficient (Wildman–Crippen LogP) is 3.34. The van der Waals surface area contributed by atoms with E-state index in [0.717, 1.165) is 23.2 Å². The summed E-state index contributed by atoms with van der Waals surface area (Å²) in [5.74, 6) is -0.651. The van der Waals surface area contributed by atoms with Crippen molar-refractivity contribution in [1.29, 1.82) is 0 Å². The first-order chi connectivity index (χ1) is 12.1. The number of nitrogens with two attached hydrogens (primary N) is 1. The maximum Gasteiger partial charge on any atom is 0.431 e. The van der Waals surface area contributed by atoms with Crippen LogP contribution in [0.4, 0.5) is 23.2 Å². The number of hydrogen-bond donors (Lipinski definition) is 1. The molecule has 0 spiro atoms. The number of hydrogen-bond acceptors (Lipinski definition) is 4. The smallest absolute Gasteiger partial charge is 0.257 e. The van der Waals surface area contributed by atoms with Crippen molar-refractivity contribution in [2.75, 3.05) is 5.01 Å². The van der Waals surface area contributed by atoms with Crippen LogP contribution in [-0.2, 0) is 10.0 Å². The summed E-state index contributed by atoms with van der Waals surface area (Å²) in [6, 6.07) is 9.36. The zero-order valence-corrected chi connectivity index (χ0v) is 13.9. The Balaban J connectivity index is 2.05. The number of sulfonamides is 1. The van der Waals surface area contributed by atoms with Gasteiger partial charge in [0.15, 0.2) is 0 Å². The second-order valence-electron chi connectivity index (χ2n) is 5.67. The number of halogens is 4. The lowest BCUT2D eigenvalue weighted by atomic mass is 10.0. The average molecular weight is 387 g/mol. The first kappa shape index (κ1) is 18.3. The molecule has 0 saturated heterocycles. The number of alkyl halides is 3. The molecule has 3 rings (SSSR count). The summed E-state index contributed by atoms with van der Waals surface area (Å²) >= 11 is 0. The van der Waals surface area contributed by atoms with Crippen molar-refractivity contribution in [2.24, 2.45) is 10.2 Å². The number of anilines is 1. The van der Waals surface area contributed by atoms with Gasteiger partial charge in [-0.2, -0.15) is 18.3 Å². The van der Waals surface area contributed by atoms with Gasteiger partial charge in [0.25, 0.3) is 0 Å². The molecule has 0 aromatic heterocycles. The van der Waals surface area contributed by atoms with Crippen molar-refractivity contribution in [1.82, 2.24) is 0 Å². The standard InChI is InChI=1S/C16H13F4N3O2S/c17-13-4-2-1-3-12(13)14-9-15(16(18,19)20)22-23(14)10-5-7-11(8-6-10)26(21,24)25/h1-8,14H,9H2,(H2,21,24,25)/t14-/m1/s1. The van der Waals surface area contributed by atoms with Gasteiger partial charge in [0.1, 0.15) is 11.5 Å². The highest BCUT2D eigenvalue weighted by atomic mass is 32.2. The predicted molar refractivity (Wildman–Crippen MR) is 87.5 cm³/mol. The van der Waals surface area contributed by atoms with Crippen molar-refractivity contribution in [3.05, 3.63) is 59.9 Å². The van der Waals surface area contributed by atoms with Crippen LogP contribution in [0, 0.1) is 5.82 Å². The third kappa shape index (κ3) is 3.56. The second-order valence-corrected chi connectivity index (χ2v) is 7.23. The van der Waals surface area contributed by atoms with Gasteiger partial charge in [0, 0.05) is 12.0 Å². The van der Waals surface area contributed by atoms with Gasteiger partial charge in [-0.15, -0.1) is 0 Å². The maximum atomic E-state index is 14.1. The van der Waals surface area contributed by atoms with Gasteiger partial charge in [-0.3, -0.25) is 5.01 Å². The number of primary sulfonamides is 1. The van der Waals surface area contributed by atoms with Gasteiger partial charge >= 0.3 is 6.18 Å². The molecule has 0 fully saturated rings. The molecule has 0 radical (unpaired) electrons. The van der Waals surface area contributed by atoms with E-state index >= 15 is 0 Å². The van der Waals surface area contributed by atoms with Crippen molar-refractivity contribution in [3.8, 4) is 0 Å². The summed E-state index contributed by atoms with van der Waals surface area (Å²) in [6.45, 7) is 0. The Hall–Kier alpha value is -2.46. The molecular formula is C16H13F4N3O2S. The van der Waals surface area contributed by atoms with E-state index < -0.39 is 40.2 Å². The minimum Gasteiger partial charge on any atom is -0.257 e. The van der Waals surface area contributed by atoms with Gasteiger partial charge in [0.2, 0.25) is 10.0 Å². The fourth-order valence-corrected chi connectivity index (χ4v) is 3.21. The van der Waals surface area contributed by atoms with E-state index in [1.54, 1.807) is 0 Å². The lowest BCUT2D eigenvalue weighted by molar-refractivity contribution is -0.0600. The van der Waals surface area contributed by atoms with Crippen molar-refractivity contribution >= 4 is 21.4 Å². The molecule has 1 atom stereocenters. The summed E-state index contributed by atoms with van der Waals surface area (Å²) < 4.78 is 76.1. The van der Waals surface area contributed by atoms with Crippen LogP contribution in [0.1, 0.15) is 18.0 Å². The van der Waals surface area contributed by atoms with E-state index in [2.05, 4.69) is 5.10 Å². The first-order valence-corrected chi connectivity index (χ1v) is 8.93. The van der Waals surface area contributed by atoms with E-state index in [1.807, 2.05) is 0 Å². The number of hydrazone groups is 1. The van der Waals surface area contributed by atoms with Gasteiger partial charge in [-0.1, -0.05) is 18.2 Å².